The standard InChI is InChI=1S/C21H21F2N3O6S/c1-21(29,20(22)23)17(19(28)25-30)24-18(27)15-9-5-13(6-10-15)3-4-14-7-11-16(12-8-14)26-33(2,31)32/h5-12,17,20,26,29-30H,1-2H3,(H,24,27)(H,25,28)/t17-,21?/m1/s1. The first kappa shape index (κ1) is 25.7. The molecule has 12 heteroatoms. The Hall–Kier alpha value is -3.53. The number of carbonyl (C=O) groups is 2. The summed E-state index contributed by atoms with van der Waals surface area (Å²) in [6, 6.07) is 9.84. The van der Waals surface area contributed by atoms with Gasteiger partial charge in [0.1, 0.15) is 6.04 Å². The van der Waals surface area contributed by atoms with Crippen molar-refractivity contribution in [2.45, 2.75) is 25.0 Å². The summed E-state index contributed by atoms with van der Waals surface area (Å²) >= 11 is 0. The Balaban J connectivity index is 2.12. The van der Waals surface area contributed by atoms with Gasteiger partial charge >= 0.3 is 0 Å². The molecular formula is C21H21F2N3O6S. The van der Waals surface area contributed by atoms with Gasteiger partial charge in [0.25, 0.3) is 18.2 Å². The van der Waals surface area contributed by atoms with E-state index in [9.17, 15) is 31.9 Å². The molecule has 0 aliphatic carbocycles. The summed E-state index contributed by atoms with van der Waals surface area (Å²) in [5.74, 6) is 3.37. The number of hydrogen-bond donors (Lipinski definition) is 5. The largest absolute Gasteiger partial charge is 0.381 e. The van der Waals surface area contributed by atoms with Gasteiger partial charge in [0, 0.05) is 22.4 Å². The number of rotatable bonds is 7. The third kappa shape index (κ3) is 7.25. The molecule has 2 atom stereocenters. The van der Waals surface area contributed by atoms with E-state index in [-0.39, 0.29) is 5.56 Å². The van der Waals surface area contributed by atoms with Crippen LogP contribution in [0.25, 0.3) is 0 Å². The summed E-state index contributed by atoms with van der Waals surface area (Å²) in [6.45, 7) is 0.653. The van der Waals surface area contributed by atoms with Crippen molar-refractivity contribution in [2.75, 3.05) is 11.0 Å². The highest BCUT2D eigenvalue weighted by atomic mass is 32.2. The van der Waals surface area contributed by atoms with Crippen LogP contribution in [0.3, 0.4) is 0 Å². The van der Waals surface area contributed by atoms with E-state index < -0.39 is 39.9 Å². The molecule has 1 unspecified atom stereocenters. The van der Waals surface area contributed by atoms with Crippen LogP contribution in [-0.2, 0) is 14.8 Å². The Labute approximate surface area is 188 Å². The van der Waals surface area contributed by atoms with E-state index in [0.717, 1.165) is 11.7 Å². The Bertz CT molecular complexity index is 1170. The average molecular weight is 481 g/mol. The number of sulfonamides is 1. The zero-order valence-electron chi connectivity index (χ0n) is 17.5. The van der Waals surface area contributed by atoms with Gasteiger partial charge in [0.15, 0.2) is 5.60 Å². The molecule has 0 saturated carbocycles. The minimum Gasteiger partial charge on any atom is -0.381 e. The smallest absolute Gasteiger partial charge is 0.269 e. The molecular weight excluding hydrogens is 460 g/mol. The van der Waals surface area contributed by atoms with Gasteiger partial charge in [-0.05, 0) is 55.5 Å². The first-order chi connectivity index (χ1) is 15.3. The van der Waals surface area contributed by atoms with Crippen molar-refractivity contribution in [1.82, 2.24) is 10.8 Å². The minimum atomic E-state index is -3.39. The Morgan fingerprint density at radius 1 is 1.00 bits per heavy atom. The van der Waals surface area contributed by atoms with Crippen molar-refractivity contribution in [1.29, 1.82) is 0 Å². The number of anilines is 1. The number of halogens is 2. The lowest BCUT2D eigenvalue weighted by Gasteiger charge is -2.30. The molecule has 0 fully saturated rings. The summed E-state index contributed by atoms with van der Waals surface area (Å²) < 4.78 is 50.9. The number of amides is 2. The van der Waals surface area contributed by atoms with Crippen molar-refractivity contribution >= 4 is 27.5 Å². The van der Waals surface area contributed by atoms with Crippen LogP contribution in [0.2, 0.25) is 0 Å². The molecule has 0 aromatic heterocycles. The summed E-state index contributed by atoms with van der Waals surface area (Å²) in [5, 5.41) is 20.6. The highest BCUT2D eigenvalue weighted by molar-refractivity contribution is 7.92. The molecule has 0 heterocycles. The Morgan fingerprint density at radius 2 is 1.48 bits per heavy atom. The average Bonchev–Trinajstić information content (AvgIpc) is 2.75. The molecule has 33 heavy (non-hydrogen) atoms. The maximum absolute atomic E-state index is 13.1. The van der Waals surface area contributed by atoms with Crippen molar-refractivity contribution in [3.63, 3.8) is 0 Å². The van der Waals surface area contributed by atoms with Gasteiger partial charge in [-0.25, -0.2) is 22.7 Å². The minimum absolute atomic E-state index is 0.00226. The molecule has 0 aliphatic heterocycles. The van der Waals surface area contributed by atoms with Crippen molar-refractivity contribution in [3.05, 3.63) is 65.2 Å². The number of benzene rings is 2. The van der Waals surface area contributed by atoms with Crippen molar-refractivity contribution in [3.8, 4) is 11.8 Å². The lowest BCUT2D eigenvalue weighted by atomic mass is 9.95. The molecule has 2 rings (SSSR count). The number of carbonyl (C=O) groups excluding carboxylic acids is 2. The highest BCUT2D eigenvalue weighted by Gasteiger charge is 2.46. The van der Waals surface area contributed by atoms with Crippen LogP contribution in [0.4, 0.5) is 14.5 Å². The molecule has 2 aromatic rings. The van der Waals surface area contributed by atoms with E-state index in [1.165, 1.54) is 24.3 Å². The molecule has 2 aromatic carbocycles. The third-order valence-corrected chi connectivity index (χ3v) is 4.97. The fourth-order valence-corrected chi connectivity index (χ4v) is 3.13. The fourth-order valence-electron chi connectivity index (χ4n) is 2.57. The van der Waals surface area contributed by atoms with Gasteiger partial charge in [0.05, 0.1) is 6.26 Å². The quantitative estimate of drug-likeness (QED) is 0.227. The van der Waals surface area contributed by atoms with E-state index in [0.29, 0.717) is 23.7 Å². The topological polar surface area (TPSA) is 145 Å². The molecule has 2 amide bonds. The predicted octanol–water partition coefficient (Wildman–Crippen LogP) is 1.08. The van der Waals surface area contributed by atoms with Crippen LogP contribution in [0.5, 0.6) is 0 Å². The number of nitrogens with one attached hydrogen (secondary N) is 3. The summed E-state index contributed by atoms with van der Waals surface area (Å²) in [6.07, 6.45) is -2.35. The third-order valence-electron chi connectivity index (χ3n) is 4.36. The zero-order valence-corrected chi connectivity index (χ0v) is 18.3. The number of alkyl halides is 2. The van der Waals surface area contributed by atoms with E-state index in [1.54, 1.807) is 24.3 Å². The lowest BCUT2D eigenvalue weighted by molar-refractivity contribution is -0.149. The van der Waals surface area contributed by atoms with E-state index >= 15 is 0 Å². The SMILES string of the molecule is CC(O)(C(F)F)[C@H](NC(=O)c1ccc(C#Cc2ccc(NS(C)(=O)=O)cc2)cc1)C(=O)NO. The van der Waals surface area contributed by atoms with Gasteiger partial charge in [-0.1, -0.05) is 11.8 Å². The first-order valence-electron chi connectivity index (χ1n) is 9.29. The van der Waals surface area contributed by atoms with Gasteiger partial charge in [-0.2, -0.15) is 0 Å². The highest BCUT2D eigenvalue weighted by Crippen LogP contribution is 2.20. The number of aliphatic hydroxyl groups is 1. The molecule has 0 saturated heterocycles. The number of hydroxylamine groups is 1. The Kier molecular flexibility index (Phi) is 8.10. The van der Waals surface area contributed by atoms with Crippen LogP contribution in [0, 0.1) is 11.8 Å². The van der Waals surface area contributed by atoms with Crippen LogP contribution < -0.4 is 15.5 Å². The van der Waals surface area contributed by atoms with Crippen LogP contribution in [-0.4, -0.2) is 54.9 Å². The first-order valence-corrected chi connectivity index (χ1v) is 11.2. The fraction of sp³-hybridized carbons (Fsp3) is 0.238. The van der Waals surface area contributed by atoms with Crippen LogP contribution in [0.15, 0.2) is 48.5 Å². The molecule has 5 N–H and O–H groups in total. The van der Waals surface area contributed by atoms with E-state index in [1.807, 2.05) is 5.32 Å². The molecule has 0 bridgehead atoms. The summed E-state index contributed by atoms with van der Waals surface area (Å²) in [7, 11) is -3.39. The molecule has 9 nitrogen and oxygen atoms in total. The maximum Gasteiger partial charge on any atom is 0.269 e. The second kappa shape index (κ2) is 10.4. The van der Waals surface area contributed by atoms with Gasteiger partial charge in [-0.3, -0.25) is 19.5 Å². The monoisotopic (exact) mass is 481 g/mol. The summed E-state index contributed by atoms with van der Waals surface area (Å²) in [4.78, 5) is 24.0. The zero-order chi connectivity index (χ0) is 24.8. The van der Waals surface area contributed by atoms with Gasteiger partial charge in [0.2, 0.25) is 10.0 Å². The summed E-state index contributed by atoms with van der Waals surface area (Å²) in [5.41, 5.74) is -0.298. The van der Waals surface area contributed by atoms with Crippen molar-refractivity contribution in [2.24, 2.45) is 0 Å². The molecule has 0 radical (unpaired) electrons. The van der Waals surface area contributed by atoms with E-state index in [2.05, 4.69) is 16.6 Å². The second-order valence-corrected chi connectivity index (χ2v) is 8.94. The van der Waals surface area contributed by atoms with Gasteiger partial charge < -0.3 is 10.4 Å². The normalized spacial score (nSPS) is 13.8. The second-order valence-electron chi connectivity index (χ2n) is 7.19. The Morgan fingerprint density at radius 3 is 1.91 bits per heavy atom. The molecule has 176 valence electrons. The maximum atomic E-state index is 13.1. The van der Waals surface area contributed by atoms with Crippen LogP contribution in [0.1, 0.15) is 28.4 Å². The van der Waals surface area contributed by atoms with Crippen molar-refractivity contribution < 1.29 is 37.1 Å². The van der Waals surface area contributed by atoms with Gasteiger partial charge in [-0.15, -0.1) is 0 Å². The molecule has 0 aliphatic rings. The predicted molar refractivity (Wildman–Crippen MR) is 115 cm³/mol. The molecule has 0 spiro atoms. The lowest BCUT2D eigenvalue weighted by Crippen LogP contribution is -2.61. The number of hydrogen-bond acceptors (Lipinski definition) is 6. The van der Waals surface area contributed by atoms with Crippen LogP contribution >= 0.6 is 0 Å². The van der Waals surface area contributed by atoms with E-state index in [4.69, 9.17) is 5.21 Å².